The molecule has 2 unspecified atom stereocenters. The second-order valence-electron chi connectivity index (χ2n) is 4.32. The highest BCUT2D eigenvalue weighted by Crippen LogP contribution is 2.22. The van der Waals surface area contributed by atoms with Gasteiger partial charge in [-0.15, -0.1) is 11.3 Å². The summed E-state index contributed by atoms with van der Waals surface area (Å²) in [6.07, 6.45) is 0. The van der Waals surface area contributed by atoms with E-state index < -0.39 is 0 Å². The molecule has 84 valence electrons. The van der Waals surface area contributed by atoms with Gasteiger partial charge in [-0.05, 0) is 35.8 Å². The van der Waals surface area contributed by atoms with Crippen molar-refractivity contribution in [1.82, 2.24) is 10.2 Å². The Bertz CT molecular complexity index is 326. The van der Waals surface area contributed by atoms with Crippen molar-refractivity contribution in [2.75, 3.05) is 13.1 Å². The summed E-state index contributed by atoms with van der Waals surface area (Å²) in [5, 5.41) is 5.66. The van der Waals surface area contributed by atoms with E-state index in [1.165, 1.54) is 9.35 Å². The van der Waals surface area contributed by atoms with Gasteiger partial charge in [0.25, 0.3) is 0 Å². The molecule has 1 aromatic heterocycles. The van der Waals surface area contributed by atoms with Crippen LogP contribution in [0.2, 0.25) is 0 Å². The maximum absolute atomic E-state index is 3.51. The molecule has 0 spiro atoms. The molecule has 0 saturated carbocycles. The van der Waals surface area contributed by atoms with Crippen molar-refractivity contribution in [3.05, 3.63) is 20.8 Å². The van der Waals surface area contributed by atoms with Gasteiger partial charge < -0.3 is 5.32 Å². The van der Waals surface area contributed by atoms with Gasteiger partial charge in [-0.2, -0.15) is 0 Å². The normalized spacial score (nSPS) is 28.2. The molecule has 2 nitrogen and oxygen atoms in total. The average Bonchev–Trinajstić information content (AvgIpc) is 2.58. The summed E-state index contributed by atoms with van der Waals surface area (Å²) in [6, 6.07) is 3.48. The van der Waals surface area contributed by atoms with Gasteiger partial charge in [0, 0.05) is 46.4 Å². The third-order valence-corrected chi connectivity index (χ3v) is 4.56. The van der Waals surface area contributed by atoms with E-state index in [1.54, 1.807) is 0 Å². The van der Waals surface area contributed by atoms with Crippen LogP contribution in [0.3, 0.4) is 0 Å². The minimum atomic E-state index is 0.615. The molecule has 4 heteroatoms. The third kappa shape index (κ3) is 3.03. The van der Waals surface area contributed by atoms with Crippen molar-refractivity contribution in [3.8, 4) is 0 Å². The third-order valence-electron chi connectivity index (χ3n) is 2.87. The van der Waals surface area contributed by atoms with Gasteiger partial charge in [-0.1, -0.05) is 0 Å². The monoisotopic (exact) mass is 288 g/mol. The van der Waals surface area contributed by atoms with E-state index in [4.69, 9.17) is 0 Å². The molecule has 1 N–H and O–H groups in total. The number of nitrogens with one attached hydrogen (secondary N) is 1. The van der Waals surface area contributed by atoms with Gasteiger partial charge in [-0.25, -0.2) is 0 Å². The van der Waals surface area contributed by atoms with Crippen LogP contribution in [0.5, 0.6) is 0 Å². The van der Waals surface area contributed by atoms with Crippen LogP contribution >= 0.6 is 27.3 Å². The lowest BCUT2D eigenvalue weighted by atomic mass is 10.1. The Balaban J connectivity index is 1.98. The lowest BCUT2D eigenvalue weighted by molar-refractivity contribution is 0.140. The Hall–Kier alpha value is 0.1000. The molecular weight excluding hydrogens is 272 g/mol. The fraction of sp³-hybridized carbons (Fsp3) is 0.636. The topological polar surface area (TPSA) is 15.3 Å². The van der Waals surface area contributed by atoms with Crippen molar-refractivity contribution in [2.45, 2.75) is 32.5 Å². The maximum atomic E-state index is 3.51. The summed E-state index contributed by atoms with van der Waals surface area (Å²) in [6.45, 7) is 7.89. The quantitative estimate of drug-likeness (QED) is 0.900. The standard InChI is InChI=1S/C11H17BrN2S/c1-8-5-14(9(2)4-13-8)6-11-3-10(12)7-15-11/h3,7-9,13H,4-6H2,1-2H3. The van der Waals surface area contributed by atoms with Crippen LogP contribution in [0, 0.1) is 0 Å². The number of halogens is 1. The van der Waals surface area contributed by atoms with E-state index in [1.807, 2.05) is 11.3 Å². The summed E-state index contributed by atoms with van der Waals surface area (Å²) in [5.41, 5.74) is 0. The molecule has 1 aliphatic heterocycles. The molecule has 0 amide bonds. The molecule has 15 heavy (non-hydrogen) atoms. The van der Waals surface area contributed by atoms with Gasteiger partial charge >= 0.3 is 0 Å². The minimum Gasteiger partial charge on any atom is -0.311 e. The predicted molar refractivity (Wildman–Crippen MR) is 69.4 cm³/mol. The van der Waals surface area contributed by atoms with E-state index in [0.717, 1.165) is 19.6 Å². The number of piperazine rings is 1. The highest BCUT2D eigenvalue weighted by atomic mass is 79.9. The SMILES string of the molecule is CC1CN(Cc2cc(Br)cs2)C(C)CN1. The second-order valence-corrected chi connectivity index (χ2v) is 6.23. The molecular formula is C11H17BrN2S. The van der Waals surface area contributed by atoms with Crippen LogP contribution < -0.4 is 5.32 Å². The molecule has 2 rings (SSSR count). The van der Waals surface area contributed by atoms with Gasteiger partial charge in [-0.3, -0.25) is 4.90 Å². The summed E-state index contributed by atoms with van der Waals surface area (Å²) in [7, 11) is 0. The fourth-order valence-electron chi connectivity index (χ4n) is 1.95. The maximum Gasteiger partial charge on any atom is 0.0332 e. The smallest absolute Gasteiger partial charge is 0.0332 e. The molecule has 1 fully saturated rings. The Kier molecular flexibility index (Phi) is 3.83. The average molecular weight is 289 g/mol. The first kappa shape index (κ1) is 11.6. The summed E-state index contributed by atoms with van der Waals surface area (Å²) in [5.74, 6) is 0. The molecule has 1 aromatic rings. The van der Waals surface area contributed by atoms with Crippen LogP contribution in [0.4, 0.5) is 0 Å². The number of hydrogen-bond acceptors (Lipinski definition) is 3. The first-order chi connectivity index (χ1) is 7.15. The molecule has 0 bridgehead atoms. The van der Waals surface area contributed by atoms with Crippen molar-refractivity contribution in [1.29, 1.82) is 0 Å². The van der Waals surface area contributed by atoms with E-state index >= 15 is 0 Å². The highest BCUT2D eigenvalue weighted by molar-refractivity contribution is 9.10. The Morgan fingerprint density at radius 3 is 3.07 bits per heavy atom. The first-order valence-corrected chi connectivity index (χ1v) is 7.03. The predicted octanol–water partition coefficient (Wildman–Crippen LogP) is 2.69. The van der Waals surface area contributed by atoms with Crippen LogP contribution in [-0.2, 0) is 6.54 Å². The van der Waals surface area contributed by atoms with Crippen LogP contribution in [0.15, 0.2) is 15.9 Å². The Labute approximate surface area is 104 Å². The van der Waals surface area contributed by atoms with Crippen LogP contribution in [0.25, 0.3) is 0 Å². The molecule has 1 aliphatic rings. The molecule has 2 heterocycles. The van der Waals surface area contributed by atoms with E-state index in [2.05, 4.69) is 51.4 Å². The molecule has 0 aliphatic carbocycles. The van der Waals surface area contributed by atoms with Crippen molar-refractivity contribution >= 4 is 27.3 Å². The van der Waals surface area contributed by atoms with E-state index in [-0.39, 0.29) is 0 Å². The zero-order valence-corrected chi connectivity index (χ0v) is 11.6. The van der Waals surface area contributed by atoms with Crippen LogP contribution in [-0.4, -0.2) is 30.1 Å². The number of nitrogens with zero attached hydrogens (tertiary/aromatic N) is 1. The first-order valence-electron chi connectivity index (χ1n) is 5.35. The molecule has 0 aromatic carbocycles. The number of thiophene rings is 1. The summed E-state index contributed by atoms with van der Waals surface area (Å²) < 4.78 is 1.21. The van der Waals surface area contributed by atoms with Gasteiger partial charge in [0.05, 0.1) is 0 Å². The van der Waals surface area contributed by atoms with Crippen molar-refractivity contribution in [2.24, 2.45) is 0 Å². The van der Waals surface area contributed by atoms with E-state index in [0.29, 0.717) is 12.1 Å². The van der Waals surface area contributed by atoms with Crippen molar-refractivity contribution < 1.29 is 0 Å². The zero-order valence-electron chi connectivity index (χ0n) is 9.16. The highest BCUT2D eigenvalue weighted by Gasteiger charge is 2.22. The van der Waals surface area contributed by atoms with Gasteiger partial charge in [0.2, 0.25) is 0 Å². The molecule has 0 radical (unpaired) electrons. The summed E-state index contributed by atoms with van der Waals surface area (Å²) in [4.78, 5) is 4.00. The summed E-state index contributed by atoms with van der Waals surface area (Å²) >= 11 is 5.34. The second kappa shape index (κ2) is 4.95. The van der Waals surface area contributed by atoms with Crippen LogP contribution in [0.1, 0.15) is 18.7 Å². The van der Waals surface area contributed by atoms with Crippen molar-refractivity contribution in [3.63, 3.8) is 0 Å². The van der Waals surface area contributed by atoms with Gasteiger partial charge in [0.15, 0.2) is 0 Å². The zero-order chi connectivity index (χ0) is 10.8. The number of hydrogen-bond donors (Lipinski definition) is 1. The Morgan fingerprint density at radius 1 is 1.60 bits per heavy atom. The fourth-order valence-corrected chi connectivity index (χ4v) is 3.43. The minimum absolute atomic E-state index is 0.615. The lowest BCUT2D eigenvalue weighted by Gasteiger charge is -2.37. The van der Waals surface area contributed by atoms with E-state index in [9.17, 15) is 0 Å². The van der Waals surface area contributed by atoms with Gasteiger partial charge in [0.1, 0.15) is 0 Å². The number of rotatable bonds is 2. The molecule has 1 saturated heterocycles. The lowest BCUT2D eigenvalue weighted by Crippen LogP contribution is -2.53. The largest absolute Gasteiger partial charge is 0.311 e. The Morgan fingerprint density at radius 2 is 2.40 bits per heavy atom. The molecule has 2 atom stereocenters.